The normalized spacial score (nSPS) is 12.9. The van der Waals surface area contributed by atoms with Gasteiger partial charge in [0.05, 0.1) is 12.2 Å². The highest BCUT2D eigenvalue weighted by Crippen LogP contribution is 2.16. The van der Waals surface area contributed by atoms with Crippen LogP contribution in [0.4, 0.5) is 0 Å². The van der Waals surface area contributed by atoms with E-state index in [1.54, 1.807) is 0 Å². The molecule has 0 aliphatic rings. The van der Waals surface area contributed by atoms with Crippen LogP contribution >= 0.6 is 0 Å². The van der Waals surface area contributed by atoms with E-state index in [1.165, 1.54) is 5.56 Å². The summed E-state index contributed by atoms with van der Waals surface area (Å²) >= 11 is 0. The van der Waals surface area contributed by atoms with Crippen molar-refractivity contribution in [2.75, 3.05) is 0 Å². The molecule has 4 heteroatoms. The fourth-order valence-electron chi connectivity index (χ4n) is 1.99. The maximum absolute atomic E-state index is 6.08. The number of nitrogens with two attached hydrogens (primary N) is 1. The predicted molar refractivity (Wildman–Crippen MR) is 68.6 cm³/mol. The molecular weight excluding hydrogens is 212 g/mol. The van der Waals surface area contributed by atoms with Gasteiger partial charge in [0, 0.05) is 31.7 Å². The number of aromatic nitrogens is 3. The molecule has 2 aromatic rings. The third-order valence-corrected chi connectivity index (χ3v) is 2.91. The molecule has 2 aromatic heterocycles. The Morgan fingerprint density at radius 2 is 2.18 bits per heavy atom. The maximum atomic E-state index is 6.08. The van der Waals surface area contributed by atoms with Gasteiger partial charge in [-0.1, -0.05) is 13.3 Å². The summed E-state index contributed by atoms with van der Waals surface area (Å²) in [5.74, 6) is 0. The van der Waals surface area contributed by atoms with Gasteiger partial charge in [-0.3, -0.25) is 4.68 Å². The Morgan fingerprint density at radius 3 is 2.82 bits per heavy atom. The quantitative estimate of drug-likeness (QED) is 0.858. The first-order valence-electron chi connectivity index (χ1n) is 6.09. The van der Waals surface area contributed by atoms with Crippen LogP contribution in [0.5, 0.6) is 0 Å². The zero-order valence-corrected chi connectivity index (χ0v) is 10.5. The largest absolute Gasteiger partial charge is 0.348 e. The molecular formula is C13H20N4. The van der Waals surface area contributed by atoms with E-state index in [4.69, 9.17) is 5.73 Å². The van der Waals surface area contributed by atoms with Crippen molar-refractivity contribution in [1.82, 2.24) is 14.3 Å². The van der Waals surface area contributed by atoms with Crippen molar-refractivity contribution in [3.05, 3.63) is 42.0 Å². The van der Waals surface area contributed by atoms with Crippen LogP contribution in [-0.2, 0) is 13.6 Å². The van der Waals surface area contributed by atoms with Crippen molar-refractivity contribution in [3.63, 3.8) is 0 Å². The zero-order chi connectivity index (χ0) is 12.3. The van der Waals surface area contributed by atoms with Gasteiger partial charge in [0.1, 0.15) is 0 Å². The Labute approximate surface area is 102 Å². The van der Waals surface area contributed by atoms with Crippen LogP contribution in [0.1, 0.15) is 37.1 Å². The van der Waals surface area contributed by atoms with E-state index in [1.807, 2.05) is 24.0 Å². The number of hydrogen-bond acceptors (Lipinski definition) is 2. The standard InChI is InChI=1S/C13H20N4/c1-3-4-13(14)11-5-8-17(9-11)10-12-6-7-16(2)15-12/h5-9,13H,3-4,10,14H2,1-2H3. The highest BCUT2D eigenvalue weighted by atomic mass is 15.3. The topological polar surface area (TPSA) is 48.8 Å². The zero-order valence-electron chi connectivity index (χ0n) is 10.5. The number of nitrogens with zero attached hydrogens (tertiary/aromatic N) is 3. The minimum atomic E-state index is 0.157. The molecule has 0 saturated carbocycles. The lowest BCUT2D eigenvalue weighted by molar-refractivity contribution is 0.635. The van der Waals surface area contributed by atoms with E-state index >= 15 is 0 Å². The van der Waals surface area contributed by atoms with Gasteiger partial charge < -0.3 is 10.3 Å². The van der Waals surface area contributed by atoms with Crippen LogP contribution in [-0.4, -0.2) is 14.3 Å². The van der Waals surface area contributed by atoms with Crippen LogP contribution in [0, 0.1) is 0 Å². The molecule has 2 rings (SSSR count). The lowest BCUT2D eigenvalue weighted by Gasteiger charge is -2.07. The SMILES string of the molecule is CCCC(N)c1ccn(Cc2ccn(C)n2)c1. The summed E-state index contributed by atoms with van der Waals surface area (Å²) in [5.41, 5.74) is 8.36. The molecule has 0 fully saturated rings. The van der Waals surface area contributed by atoms with E-state index in [-0.39, 0.29) is 6.04 Å². The second-order valence-corrected chi connectivity index (χ2v) is 4.49. The average molecular weight is 232 g/mol. The van der Waals surface area contributed by atoms with Gasteiger partial charge in [-0.25, -0.2) is 0 Å². The van der Waals surface area contributed by atoms with Gasteiger partial charge in [-0.15, -0.1) is 0 Å². The van der Waals surface area contributed by atoms with Crippen molar-refractivity contribution < 1.29 is 0 Å². The van der Waals surface area contributed by atoms with Gasteiger partial charge in [-0.05, 0) is 24.1 Å². The first kappa shape index (κ1) is 11.9. The summed E-state index contributed by atoms with van der Waals surface area (Å²) in [4.78, 5) is 0. The second kappa shape index (κ2) is 5.19. The molecule has 2 heterocycles. The van der Waals surface area contributed by atoms with Crippen molar-refractivity contribution in [2.24, 2.45) is 12.8 Å². The Kier molecular flexibility index (Phi) is 3.64. The minimum Gasteiger partial charge on any atom is -0.348 e. The molecule has 0 aliphatic heterocycles. The molecule has 0 bridgehead atoms. The summed E-state index contributed by atoms with van der Waals surface area (Å²) in [6.45, 7) is 2.96. The predicted octanol–water partition coefficient (Wildman–Crippen LogP) is 2.07. The first-order valence-corrected chi connectivity index (χ1v) is 6.09. The Morgan fingerprint density at radius 1 is 1.35 bits per heavy atom. The Bertz CT molecular complexity index is 469. The second-order valence-electron chi connectivity index (χ2n) is 4.49. The van der Waals surface area contributed by atoms with E-state index in [0.29, 0.717) is 0 Å². The molecule has 0 aromatic carbocycles. The third kappa shape index (κ3) is 2.97. The maximum Gasteiger partial charge on any atom is 0.0821 e. The molecule has 0 radical (unpaired) electrons. The fraction of sp³-hybridized carbons (Fsp3) is 0.462. The molecule has 0 saturated heterocycles. The Balaban J connectivity index is 2.03. The highest BCUT2D eigenvalue weighted by molar-refractivity contribution is 5.16. The van der Waals surface area contributed by atoms with Gasteiger partial charge in [-0.2, -0.15) is 5.10 Å². The van der Waals surface area contributed by atoms with Crippen molar-refractivity contribution >= 4 is 0 Å². The molecule has 2 N–H and O–H groups in total. The van der Waals surface area contributed by atoms with Crippen LogP contribution in [0.2, 0.25) is 0 Å². The fourth-order valence-corrected chi connectivity index (χ4v) is 1.99. The first-order chi connectivity index (χ1) is 8.19. The molecule has 0 spiro atoms. The number of rotatable bonds is 5. The molecule has 0 aliphatic carbocycles. The summed E-state index contributed by atoms with van der Waals surface area (Å²) in [7, 11) is 1.93. The molecule has 1 unspecified atom stereocenters. The van der Waals surface area contributed by atoms with Crippen LogP contribution in [0.25, 0.3) is 0 Å². The summed E-state index contributed by atoms with van der Waals surface area (Å²) in [6.07, 6.45) is 8.30. The van der Waals surface area contributed by atoms with Crippen molar-refractivity contribution in [2.45, 2.75) is 32.4 Å². The molecule has 17 heavy (non-hydrogen) atoms. The van der Waals surface area contributed by atoms with E-state index in [2.05, 4.69) is 35.0 Å². The van der Waals surface area contributed by atoms with Gasteiger partial charge in [0.25, 0.3) is 0 Å². The third-order valence-electron chi connectivity index (χ3n) is 2.91. The van der Waals surface area contributed by atoms with E-state index in [0.717, 1.165) is 25.1 Å². The molecule has 0 amide bonds. The van der Waals surface area contributed by atoms with E-state index < -0.39 is 0 Å². The summed E-state index contributed by atoms with van der Waals surface area (Å²) < 4.78 is 3.95. The molecule has 1 atom stereocenters. The van der Waals surface area contributed by atoms with Crippen LogP contribution in [0.15, 0.2) is 30.7 Å². The highest BCUT2D eigenvalue weighted by Gasteiger charge is 2.07. The minimum absolute atomic E-state index is 0.157. The van der Waals surface area contributed by atoms with Gasteiger partial charge in [0.15, 0.2) is 0 Å². The number of hydrogen-bond donors (Lipinski definition) is 1. The summed E-state index contributed by atoms with van der Waals surface area (Å²) in [5, 5.41) is 4.36. The number of aryl methyl sites for hydroxylation is 1. The molecule has 92 valence electrons. The average Bonchev–Trinajstić information content (AvgIpc) is 2.89. The van der Waals surface area contributed by atoms with Crippen LogP contribution < -0.4 is 5.73 Å². The van der Waals surface area contributed by atoms with Gasteiger partial charge >= 0.3 is 0 Å². The molecule has 4 nitrogen and oxygen atoms in total. The lowest BCUT2D eigenvalue weighted by atomic mass is 10.1. The van der Waals surface area contributed by atoms with E-state index in [9.17, 15) is 0 Å². The monoisotopic (exact) mass is 232 g/mol. The van der Waals surface area contributed by atoms with Crippen molar-refractivity contribution in [3.8, 4) is 0 Å². The van der Waals surface area contributed by atoms with Gasteiger partial charge in [0.2, 0.25) is 0 Å². The smallest absolute Gasteiger partial charge is 0.0821 e. The Hall–Kier alpha value is -1.55. The summed E-state index contributed by atoms with van der Waals surface area (Å²) in [6, 6.07) is 4.29. The van der Waals surface area contributed by atoms with Crippen molar-refractivity contribution in [1.29, 1.82) is 0 Å². The lowest BCUT2D eigenvalue weighted by Crippen LogP contribution is -2.08. The van der Waals surface area contributed by atoms with Crippen LogP contribution in [0.3, 0.4) is 0 Å².